The molecule has 0 saturated heterocycles. The molecule has 15 heavy (non-hydrogen) atoms. The minimum atomic E-state index is -0.561. The quantitative estimate of drug-likeness (QED) is 0.747. The monoisotopic (exact) mass is 220 g/mol. The smallest absolute Gasteiger partial charge is 0.318 e. The molecule has 0 aliphatic carbocycles. The SMILES string of the molecule is ClC(Oc1ncccn1)c1ccccc1. The van der Waals surface area contributed by atoms with Gasteiger partial charge in [-0.25, -0.2) is 9.97 Å². The molecule has 0 spiro atoms. The summed E-state index contributed by atoms with van der Waals surface area (Å²) in [6.07, 6.45) is 3.22. The second-order valence-electron chi connectivity index (χ2n) is 2.88. The standard InChI is InChI=1S/C11H9ClN2O/c12-10(9-5-2-1-3-6-9)15-11-13-7-4-8-14-11/h1-8,10H. The highest BCUT2D eigenvalue weighted by Gasteiger charge is 2.09. The highest BCUT2D eigenvalue weighted by atomic mass is 35.5. The summed E-state index contributed by atoms with van der Waals surface area (Å²) in [5.41, 5.74) is 0.320. The molecule has 0 fully saturated rings. The predicted octanol–water partition coefficient (Wildman–Crippen LogP) is 2.79. The summed E-state index contributed by atoms with van der Waals surface area (Å²) in [6, 6.07) is 11.5. The molecule has 0 aliphatic rings. The van der Waals surface area contributed by atoms with Crippen LogP contribution in [0.1, 0.15) is 11.1 Å². The summed E-state index contributed by atoms with van der Waals surface area (Å²) < 4.78 is 5.34. The van der Waals surface area contributed by atoms with Gasteiger partial charge in [-0.3, -0.25) is 0 Å². The Balaban J connectivity index is 2.08. The Bertz CT molecular complexity index is 407. The fraction of sp³-hybridized carbons (Fsp3) is 0.0909. The minimum absolute atomic E-state index is 0.279. The molecule has 1 unspecified atom stereocenters. The van der Waals surface area contributed by atoms with Gasteiger partial charge in [0.05, 0.1) is 0 Å². The fourth-order valence-electron chi connectivity index (χ4n) is 1.11. The first-order chi connectivity index (χ1) is 7.36. The average molecular weight is 221 g/mol. The second-order valence-corrected chi connectivity index (χ2v) is 3.27. The van der Waals surface area contributed by atoms with E-state index in [1.807, 2.05) is 30.3 Å². The van der Waals surface area contributed by atoms with Crippen molar-refractivity contribution >= 4 is 11.6 Å². The Morgan fingerprint density at radius 2 is 1.67 bits per heavy atom. The van der Waals surface area contributed by atoms with Gasteiger partial charge >= 0.3 is 6.01 Å². The van der Waals surface area contributed by atoms with E-state index in [1.165, 1.54) is 0 Å². The first-order valence-corrected chi connectivity index (χ1v) is 4.92. The number of nitrogens with zero attached hydrogens (tertiary/aromatic N) is 2. The number of hydrogen-bond acceptors (Lipinski definition) is 3. The van der Waals surface area contributed by atoms with Crippen LogP contribution >= 0.6 is 11.6 Å². The first-order valence-electron chi connectivity index (χ1n) is 4.49. The van der Waals surface area contributed by atoms with Crippen molar-refractivity contribution in [3.05, 3.63) is 54.4 Å². The van der Waals surface area contributed by atoms with Crippen molar-refractivity contribution in [3.8, 4) is 6.01 Å². The fourth-order valence-corrected chi connectivity index (χ4v) is 1.34. The van der Waals surface area contributed by atoms with E-state index in [9.17, 15) is 0 Å². The van der Waals surface area contributed by atoms with Crippen molar-refractivity contribution < 1.29 is 4.74 Å². The molecule has 0 N–H and O–H groups in total. The van der Waals surface area contributed by atoms with E-state index in [1.54, 1.807) is 18.5 Å². The minimum Gasteiger partial charge on any atom is -0.439 e. The highest BCUT2D eigenvalue weighted by Crippen LogP contribution is 2.21. The van der Waals surface area contributed by atoms with Gasteiger partial charge in [0.15, 0.2) is 0 Å². The van der Waals surface area contributed by atoms with Gasteiger partial charge in [-0.1, -0.05) is 41.9 Å². The van der Waals surface area contributed by atoms with Gasteiger partial charge in [-0.15, -0.1) is 0 Å². The molecule has 3 nitrogen and oxygen atoms in total. The van der Waals surface area contributed by atoms with E-state index in [2.05, 4.69) is 9.97 Å². The lowest BCUT2D eigenvalue weighted by Gasteiger charge is -2.10. The first kappa shape index (κ1) is 9.93. The number of rotatable bonds is 3. The molecule has 76 valence electrons. The van der Waals surface area contributed by atoms with Crippen LogP contribution in [0.2, 0.25) is 0 Å². The lowest BCUT2D eigenvalue weighted by atomic mass is 10.2. The largest absolute Gasteiger partial charge is 0.439 e. The van der Waals surface area contributed by atoms with Crippen molar-refractivity contribution in [2.45, 2.75) is 5.56 Å². The molecule has 0 bridgehead atoms. The molecule has 0 amide bonds. The van der Waals surface area contributed by atoms with Crippen LogP contribution in [-0.2, 0) is 0 Å². The molecular weight excluding hydrogens is 212 g/mol. The van der Waals surface area contributed by atoms with Gasteiger partial charge < -0.3 is 4.74 Å². The van der Waals surface area contributed by atoms with Crippen LogP contribution < -0.4 is 4.74 Å². The third-order valence-corrected chi connectivity index (χ3v) is 2.15. The van der Waals surface area contributed by atoms with Gasteiger partial charge in [-0.2, -0.15) is 0 Å². The molecule has 0 aliphatic heterocycles. The Morgan fingerprint density at radius 1 is 1.00 bits per heavy atom. The zero-order valence-electron chi connectivity index (χ0n) is 7.88. The normalized spacial score (nSPS) is 12.1. The van der Waals surface area contributed by atoms with Crippen molar-refractivity contribution in [1.82, 2.24) is 9.97 Å². The van der Waals surface area contributed by atoms with Crippen LogP contribution in [0.25, 0.3) is 0 Å². The van der Waals surface area contributed by atoms with Crippen LogP contribution in [-0.4, -0.2) is 9.97 Å². The van der Waals surface area contributed by atoms with Crippen LogP contribution in [0.5, 0.6) is 6.01 Å². The maximum absolute atomic E-state index is 6.04. The van der Waals surface area contributed by atoms with Crippen LogP contribution in [0, 0.1) is 0 Å². The topological polar surface area (TPSA) is 35.0 Å². The van der Waals surface area contributed by atoms with Crippen molar-refractivity contribution in [1.29, 1.82) is 0 Å². The van der Waals surface area contributed by atoms with Crippen molar-refractivity contribution in [3.63, 3.8) is 0 Å². The predicted molar refractivity (Wildman–Crippen MR) is 57.7 cm³/mol. The van der Waals surface area contributed by atoms with Crippen LogP contribution in [0.15, 0.2) is 48.8 Å². The number of aromatic nitrogens is 2. The van der Waals surface area contributed by atoms with Gasteiger partial charge in [0.2, 0.25) is 5.56 Å². The van der Waals surface area contributed by atoms with Crippen LogP contribution in [0.3, 0.4) is 0 Å². The molecule has 1 heterocycles. The van der Waals surface area contributed by atoms with E-state index in [0.717, 1.165) is 5.56 Å². The number of benzene rings is 1. The Kier molecular flexibility index (Phi) is 3.15. The van der Waals surface area contributed by atoms with Gasteiger partial charge in [-0.05, 0) is 6.07 Å². The Morgan fingerprint density at radius 3 is 2.33 bits per heavy atom. The van der Waals surface area contributed by atoms with Gasteiger partial charge in [0.1, 0.15) is 0 Å². The zero-order valence-corrected chi connectivity index (χ0v) is 8.63. The Hall–Kier alpha value is -1.61. The number of ether oxygens (including phenoxy) is 1. The Labute approximate surface area is 92.7 Å². The van der Waals surface area contributed by atoms with E-state index in [4.69, 9.17) is 16.3 Å². The van der Waals surface area contributed by atoms with E-state index in [-0.39, 0.29) is 6.01 Å². The molecule has 1 aromatic carbocycles. The molecule has 4 heteroatoms. The van der Waals surface area contributed by atoms with Crippen LogP contribution in [0.4, 0.5) is 0 Å². The number of alkyl halides is 1. The zero-order chi connectivity index (χ0) is 10.5. The third kappa shape index (κ3) is 2.67. The summed E-state index contributed by atoms with van der Waals surface area (Å²) in [5.74, 6) is 0. The molecule has 0 saturated carbocycles. The van der Waals surface area contributed by atoms with Gasteiger partial charge in [0.25, 0.3) is 0 Å². The summed E-state index contributed by atoms with van der Waals surface area (Å²) in [5, 5.41) is 0. The van der Waals surface area contributed by atoms with E-state index in [0.29, 0.717) is 0 Å². The molecule has 1 aromatic heterocycles. The van der Waals surface area contributed by atoms with Crippen molar-refractivity contribution in [2.75, 3.05) is 0 Å². The lowest BCUT2D eigenvalue weighted by Crippen LogP contribution is -2.02. The maximum Gasteiger partial charge on any atom is 0.318 e. The van der Waals surface area contributed by atoms with Gasteiger partial charge in [0, 0.05) is 18.0 Å². The summed E-state index contributed by atoms with van der Waals surface area (Å²) in [7, 11) is 0. The number of halogens is 1. The maximum atomic E-state index is 6.04. The average Bonchev–Trinajstić information content (AvgIpc) is 2.31. The van der Waals surface area contributed by atoms with Crippen molar-refractivity contribution in [2.24, 2.45) is 0 Å². The third-order valence-electron chi connectivity index (χ3n) is 1.81. The molecule has 2 rings (SSSR count). The molecule has 2 aromatic rings. The summed E-state index contributed by atoms with van der Waals surface area (Å²) >= 11 is 6.04. The van der Waals surface area contributed by atoms with E-state index < -0.39 is 5.56 Å². The number of hydrogen-bond donors (Lipinski definition) is 0. The molecular formula is C11H9ClN2O. The summed E-state index contributed by atoms with van der Waals surface area (Å²) in [4.78, 5) is 7.85. The molecule has 1 atom stereocenters. The summed E-state index contributed by atoms with van der Waals surface area (Å²) in [6.45, 7) is 0. The highest BCUT2D eigenvalue weighted by molar-refractivity contribution is 6.20. The molecule has 0 radical (unpaired) electrons. The van der Waals surface area contributed by atoms with E-state index >= 15 is 0 Å². The second kappa shape index (κ2) is 4.75. The lowest BCUT2D eigenvalue weighted by molar-refractivity contribution is 0.264.